The van der Waals surface area contributed by atoms with Crippen LogP contribution in [0.5, 0.6) is 0 Å². The number of anilines is 1. The van der Waals surface area contributed by atoms with Gasteiger partial charge in [0.1, 0.15) is 6.04 Å². The highest BCUT2D eigenvalue weighted by atomic mass is 16.2. The van der Waals surface area contributed by atoms with Crippen LogP contribution >= 0.6 is 0 Å². The number of carbonyl (C=O) groups excluding carboxylic acids is 2. The number of urea groups is 1. The largest absolute Gasteiger partial charge is 0.382 e. The number of benzene rings is 1. The van der Waals surface area contributed by atoms with Gasteiger partial charge in [0, 0.05) is 24.3 Å². The Morgan fingerprint density at radius 3 is 2.38 bits per heavy atom. The minimum atomic E-state index is -0.443. The highest BCUT2D eigenvalue weighted by Gasteiger charge is 2.34. The van der Waals surface area contributed by atoms with E-state index in [2.05, 4.69) is 45.5 Å². The Bertz CT molecular complexity index is 648. The first-order valence-corrected chi connectivity index (χ1v) is 9.88. The van der Waals surface area contributed by atoms with E-state index in [1.54, 1.807) is 0 Å². The first-order valence-electron chi connectivity index (χ1n) is 9.88. The fourth-order valence-corrected chi connectivity index (χ4v) is 4.29. The average Bonchev–Trinajstić information content (AvgIpc) is 3.08. The van der Waals surface area contributed by atoms with Gasteiger partial charge < -0.3 is 21.3 Å². The maximum atomic E-state index is 12.1. The Morgan fingerprint density at radius 2 is 1.73 bits per heavy atom. The maximum absolute atomic E-state index is 12.1. The molecule has 1 heterocycles. The molecular formula is C20H28N4O2. The van der Waals surface area contributed by atoms with Crippen LogP contribution in [0.2, 0.25) is 0 Å². The fraction of sp³-hybridized carbons (Fsp3) is 0.600. The molecule has 2 saturated carbocycles. The summed E-state index contributed by atoms with van der Waals surface area (Å²) in [7, 11) is 0. The molecular weight excluding hydrogens is 328 g/mol. The highest BCUT2D eigenvalue weighted by Crippen LogP contribution is 2.33. The maximum Gasteiger partial charge on any atom is 0.315 e. The molecule has 4 rings (SSSR count). The first-order chi connectivity index (χ1) is 12.7. The van der Waals surface area contributed by atoms with Crippen molar-refractivity contribution in [3.63, 3.8) is 0 Å². The van der Waals surface area contributed by atoms with Crippen LogP contribution in [0.25, 0.3) is 0 Å². The van der Waals surface area contributed by atoms with E-state index in [9.17, 15) is 9.59 Å². The van der Waals surface area contributed by atoms with E-state index in [0.717, 1.165) is 24.4 Å². The Balaban J connectivity index is 1.20. The summed E-state index contributed by atoms with van der Waals surface area (Å²) in [4.78, 5) is 23.2. The van der Waals surface area contributed by atoms with Crippen LogP contribution < -0.4 is 21.3 Å². The summed E-state index contributed by atoms with van der Waals surface area (Å²) in [6.07, 6.45) is 8.61. The van der Waals surface area contributed by atoms with Crippen LogP contribution in [0.4, 0.5) is 10.5 Å². The smallest absolute Gasteiger partial charge is 0.315 e. The summed E-state index contributed by atoms with van der Waals surface area (Å²) < 4.78 is 0. The van der Waals surface area contributed by atoms with E-state index in [1.807, 2.05) is 0 Å². The van der Waals surface area contributed by atoms with Crippen LogP contribution in [0.15, 0.2) is 24.3 Å². The summed E-state index contributed by atoms with van der Waals surface area (Å²) in [5.41, 5.74) is 2.63. The standard InChI is InChI=1S/C20H28N4O2/c25-19(18-12-21-20(26)24-18)23-17-10-16(11-17)22-15-8-6-14(7-9-15)13-4-2-1-3-5-13/h6-9,13,16-18,22H,1-5,10-12H2,(H,23,25)(H2,21,24,26)/t16?,17?,18-/m1/s1. The van der Waals surface area contributed by atoms with E-state index < -0.39 is 6.04 Å². The van der Waals surface area contributed by atoms with Gasteiger partial charge in [0.2, 0.25) is 5.91 Å². The van der Waals surface area contributed by atoms with Crippen molar-refractivity contribution in [1.82, 2.24) is 16.0 Å². The molecule has 6 heteroatoms. The molecule has 1 aliphatic heterocycles. The second-order valence-electron chi connectivity index (χ2n) is 7.88. The summed E-state index contributed by atoms with van der Waals surface area (Å²) in [6, 6.07) is 8.80. The minimum absolute atomic E-state index is 0.0939. The van der Waals surface area contributed by atoms with Crippen LogP contribution in [0.3, 0.4) is 0 Å². The molecule has 3 amide bonds. The molecule has 3 aliphatic rings. The van der Waals surface area contributed by atoms with Gasteiger partial charge in [0.05, 0.1) is 0 Å². The van der Waals surface area contributed by atoms with Crippen LogP contribution in [-0.2, 0) is 4.79 Å². The van der Waals surface area contributed by atoms with Gasteiger partial charge in [-0.3, -0.25) is 4.79 Å². The van der Waals surface area contributed by atoms with Crippen LogP contribution in [-0.4, -0.2) is 36.6 Å². The molecule has 0 aromatic heterocycles. The number of rotatable bonds is 5. The van der Waals surface area contributed by atoms with Gasteiger partial charge in [0.25, 0.3) is 0 Å². The monoisotopic (exact) mass is 356 g/mol. The van der Waals surface area contributed by atoms with Crippen molar-refractivity contribution in [2.45, 2.75) is 69.0 Å². The summed E-state index contributed by atoms with van der Waals surface area (Å²) in [6.45, 7) is 0.367. The number of hydrogen-bond acceptors (Lipinski definition) is 3. The lowest BCUT2D eigenvalue weighted by Gasteiger charge is -2.37. The van der Waals surface area contributed by atoms with E-state index in [4.69, 9.17) is 0 Å². The predicted octanol–water partition coefficient (Wildman–Crippen LogP) is 2.47. The molecule has 3 fully saturated rings. The van der Waals surface area contributed by atoms with Crippen LogP contribution in [0, 0.1) is 0 Å². The minimum Gasteiger partial charge on any atom is -0.382 e. The zero-order chi connectivity index (χ0) is 17.9. The van der Waals surface area contributed by atoms with Gasteiger partial charge in [-0.25, -0.2) is 4.79 Å². The molecule has 1 saturated heterocycles. The predicted molar refractivity (Wildman–Crippen MR) is 101 cm³/mol. The Kier molecular flexibility index (Phi) is 5.00. The van der Waals surface area contributed by atoms with Gasteiger partial charge in [-0.15, -0.1) is 0 Å². The Morgan fingerprint density at radius 1 is 1.00 bits per heavy atom. The number of hydrogen-bond donors (Lipinski definition) is 4. The zero-order valence-corrected chi connectivity index (χ0v) is 15.1. The highest BCUT2D eigenvalue weighted by molar-refractivity contribution is 5.90. The number of amides is 3. The Labute approximate surface area is 154 Å². The lowest BCUT2D eigenvalue weighted by atomic mass is 9.84. The SMILES string of the molecule is O=C1NC[C@H](C(=O)NC2CC(Nc3ccc(C4CCCCC4)cc3)C2)N1. The van der Waals surface area contributed by atoms with Gasteiger partial charge in [0.15, 0.2) is 0 Å². The van der Waals surface area contributed by atoms with Gasteiger partial charge in [-0.2, -0.15) is 0 Å². The molecule has 0 radical (unpaired) electrons. The summed E-state index contributed by atoms with van der Waals surface area (Å²) in [5.74, 6) is 0.648. The molecule has 0 spiro atoms. The molecule has 140 valence electrons. The second kappa shape index (κ2) is 7.56. The van der Waals surface area contributed by atoms with E-state index in [0.29, 0.717) is 12.6 Å². The van der Waals surface area contributed by atoms with Crippen molar-refractivity contribution in [2.75, 3.05) is 11.9 Å². The van der Waals surface area contributed by atoms with Crippen molar-refractivity contribution in [2.24, 2.45) is 0 Å². The van der Waals surface area contributed by atoms with Crippen molar-refractivity contribution >= 4 is 17.6 Å². The second-order valence-corrected chi connectivity index (χ2v) is 7.88. The van der Waals surface area contributed by atoms with E-state index in [1.165, 1.54) is 37.7 Å². The topological polar surface area (TPSA) is 82.3 Å². The lowest BCUT2D eigenvalue weighted by molar-refractivity contribution is -0.123. The van der Waals surface area contributed by atoms with Crippen molar-refractivity contribution in [1.29, 1.82) is 0 Å². The van der Waals surface area contributed by atoms with Gasteiger partial charge in [-0.05, 0) is 49.3 Å². The van der Waals surface area contributed by atoms with E-state index >= 15 is 0 Å². The molecule has 2 aliphatic carbocycles. The third-order valence-electron chi connectivity index (χ3n) is 5.93. The quantitative estimate of drug-likeness (QED) is 0.654. The molecule has 1 aromatic rings. The molecule has 0 bridgehead atoms. The summed E-state index contributed by atoms with van der Waals surface area (Å²) >= 11 is 0. The number of carbonyl (C=O) groups is 2. The molecule has 6 nitrogen and oxygen atoms in total. The van der Waals surface area contributed by atoms with Gasteiger partial charge in [-0.1, -0.05) is 31.4 Å². The average molecular weight is 356 g/mol. The molecule has 1 atom stereocenters. The van der Waals surface area contributed by atoms with Crippen LogP contribution in [0.1, 0.15) is 56.4 Å². The third-order valence-corrected chi connectivity index (χ3v) is 5.93. The van der Waals surface area contributed by atoms with E-state index in [-0.39, 0.29) is 18.0 Å². The molecule has 26 heavy (non-hydrogen) atoms. The fourth-order valence-electron chi connectivity index (χ4n) is 4.29. The van der Waals surface area contributed by atoms with Crippen molar-refractivity contribution < 1.29 is 9.59 Å². The lowest BCUT2D eigenvalue weighted by Crippen LogP contribution is -2.54. The molecule has 4 N–H and O–H groups in total. The normalized spacial score (nSPS) is 28.6. The Hall–Kier alpha value is -2.24. The third kappa shape index (κ3) is 3.94. The summed E-state index contributed by atoms with van der Waals surface area (Å²) in [5, 5.41) is 11.8. The number of nitrogens with one attached hydrogen (secondary N) is 4. The van der Waals surface area contributed by atoms with Crippen molar-refractivity contribution in [3.8, 4) is 0 Å². The van der Waals surface area contributed by atoms with Crippen molar-refractivity contribution in [3.05, 3.63) is 29.8 Å². The molecule has 1 aromatic carbocycles. The molecule has 0 unspecified atom stereocenters. The zero-order valence-electron chi connectivity index (χ0n) is 15.1. The van der Waals surface area contributed by atoms with Gasteiger partial charge >= 0.3 is 6.03 Å². The first kappa shape index (κ1) is 17.2.